The van der Waals surface area contributed by atoms with Crippen LogP contribution in [0.25, 0.3) is 0 Å². The van der Waals surface area contributed by atoms with Crippen molar-refractivity contribution >= 4 is 33.3 Å². The van der Waals surface area contributed by atoms with Gasteiger partial charge in [0.15, 0.2) is 0 Å². The highest BCUT2D eigenvalue weighted by atomic mass is 79.9. The molecule has 2 aromatic rings. The Labute approximate surface area is 113 Å². The predicted molar refractivity (Wildman–Crippen MR) is 73.3 cm³/mol. The van der Waals surface area contributed by atoms with Crippen molar-refractivity contribution in [2.24, 2.45) is 0 Å². The van der Waals surface area contributed by atoms with Crippen molar-refractivity contribution < 1.29 is 4.79 Å². The first-order valence-electron chi connectivity index (χ1n) is 5.21. The van der Waals surface area contributed by atoms with Gasteiger partial charge in [-0.2, -0.15) is 0 Å². The number of carbonyl (C=O) groups excluding carboxylic acids is 1. The molecule has 0 aliphatic rings. The molecule has 0 aromatic carbocycles. The zero-order valence-electron chi connectivity index (χ0n) is 9.64. The van der Waals surface area contributed by atoms with E-state index in [1.54, 1.807) is 24.5 Å². The number of amides is 1. The van der Waals surface area contributed by atoms with Crippen molar-refractivity contribution in [2.45, 2.75) is 6.92 Å². The van der Waals surface area contributed by atoms with Crippen LogP contribution in [0.4, 0.5) is 11.5 Å². The fraction of sp³-hybridized carbons (Fsp3) is 0.0833. The largest absolute Gasteiger partial charge is 0.383 e. The summed E-state index contributed by atoms with van der Waals surface area (Å²) in [4.78, 5) is 20.0. The lowest BCUT2D eigenvalue weighted by Gasteiger charge is -2.07. The Hall–Kier alpha value is -1.95. The zero-order valence-corrected chi connectivity index (χ0v) is 11.2. The van der Waals surface area contributed by atoms with Crippen LogP contribution in [-0.2, 0) is 0 Å². The van der Waals surface area contributed by atoms with Gasteiger partial charge in [0.05, 0.1) is 17.4 Å². The van der Waals surface area contributed by atoms with Crippen LogP contribution in [0.15, 0.2) is 35.1 Å². The van der Waals surface area contributed by atoms with Crippen LogP contribution in [0.3, 0.4) is 0 Å². The van der Waals surface area contributed by atoms with E-state index < -0.39 is 0 Å². The zero-order chi connectivity index (χ0) is 13.1. The van der Waals surface area contributed by atoms with Crippen LogP contribution in [0.2, 0.25) is 0 Å². The molecule has 0 fully saturated rings. The smallest absolute Gasteiger partial charge is 0.259 e. The topological polar surface area (TPSA) is 80.9 Å². The molecule has 1 amide bonds. The van der Waals surface area contributed by atoms with Crippen molar-refractivity contribution in [1.29, 1.82) is 0 Å². The van der Waals surface area contributed by atoms with Gasteiger partial charge in [-0.1, -0.05) is 0 Å². The summed E-state index contributed by atoms with van der Waals surface area (Å²) in [5.74, 6) is -0.122. The normalized spacial score (nSPS) is 10.1. The van der Waals surface area contributed by atoms with Gasteiger partial charge in [-0.05, 0) is 41.1 Å². The number of aromatic nitrogens is 2. The Morgan fingerprint density at radius 2 is 2.11 bits per heavy atom. The summed E-state index contributed by atoms with van der Waals surface area (Å²) in [6.45, 7) is 1.88. The number of halogens is 1. The first-order valence-corrected chi connectivity index (χ1v) is 6.00. The number of carbonyl (C=O) groups is 1. The first-order chi connectivity index (χ1) is 8.56. The summed E-state index contributed by atoms with van der Waals surface area (Å²) in [6, 6.07) is 5.22. The summed E-state index contributed by atoms with van der Waals surface area (Å²) in [7, 11) is 0. The number of nitrogen functional groups attached to an aromatic ring is 1. The molecule has 6 heteroatoms. The monoisotopic (exact) mass is 306 g/mol. The average molecular weight is 307 g/mol. The first kappa shape index (κ1) is 12.5. The molecule has 0 aliphatic carbocycles. The van der Waals surface area contributed by atoms with Crippen LogP contribution < -0.4 is 11.1 Å². The Bertz CT molecular complexity index is 583. The molecular weight excluding hydrogens is 296 g/mol. The van der Waals surface area contributed by atoms with Crippen molar-refractivity contribution in [3.05, 3.63) is 46.3 Å². The predicted octanol–water partition coefficient (Wildman–Crippen LogP) is 2.38. The molecule has 2 rings (SSSR count). The number of rotatable bonds is 2. The van der Waals surface area contributed by atoms with E-state index in [4.69, 9.17) is 5.73 Å². The molecule has 2 aromatic heterocycles. The molecule has 0 atom stereocenters. The van der Waals surface area contributed by atoms with E-state index >= 15 is 0 Å². The number of hydrogen-bond donors (Lipinski definition) is 2. The lowest BCUT2D eigenvalue weighted by atomic mass is 10.2. The van der Waals surface area contributed by atoms with Gasteiger partial charge in [-0.15, -0.1) is 0 Å². The quantitative estimate of drug-likeness (QED) is 0.892. The van der Waals surface area contributed by atoms with Gasteiger partial charge >= 0.3 is 0 Å². The molecule has 3 N–H and O–H groups in total. The number of nitrogens with one attached hydrogen (secondary N) is 1. The fourth-order valence-corrected chi connectivity index (χ4v) is 1.70. The molecule has 0 bridgehead atoms. The van der Waals surface area contributed by atoms with Gasteiger partial charge in [0.1, 0.15) is 5.82 Å². The summed E-state index contributed by atoms with van der Waals surface area (Å²) in [6.07, 6.45) is 3.13. The second-order valence-electron chi connectivity index (χ2n) is 3.73. The highest BCUT2D eigenvalue weighted by molar-refractivity contribution is 9.10. The third-order valence-electron chi connectivity index (χ3n) is 2.30. The van der Waals surface area contributed by atoms with Crippen LogP contribution in [-0.4, -0.2) is 15.9 Å². The number of anilines is 2. The third-order valence-corrected chi connectivity index (χ3v) is 2.73. The maximum Gasteiger partial charge on any atom is 0.259 e. The molecule has 0 unspecified atom stereocenters. The Balaban J connectivity index is 2.21. The van der Waals surface area contributed by atoms with E-state index in [0.29, 0.717) is 15.7 Å². The summed E-state index contributed by atoms with van der Waals surface area (Å²) < 4.78 is 0.698. The Morgan fingerprint density at radius 1 is 1.33 bits per heavy atom. The number of pyridine rings is 2. The summed E-state index contributed by atoms with van der Waals surface area (Å²) >= 11 is 3.25. The van der Waals surface area contributed by atoms with E-state index in [2.05, 4.69) is 31.2 Å². The van der Waals surface area contributed by atoms with Gasteiger partial charge in [-0.3, -0.25) is 9.78 Å². The van der Waals surface area contributed by atoms with E-state index in [-0.39, 0.29) is 11.7 Å². The molecule has 92 valence electrons. The van der Waals surface area contributed by atoms with Crippen molar-refractivity contribution in [1.82, 2.24) is 9.97 Å². The number of aryl methyl sites for hydroxylation is 1. The number of nitrogens with two attached hydrogens (primary N) is 1. The van der Waals surface area contributed by atoms with Gasteiger partial charge in [0.2, 0.25) is 0 Å². The fourth-order valence-electron chi connectivity index (χ4n) is 1.37. The maximum absolute atomic E-state index is 12.0. The van der Waals surface area contributed by atoms with Crippen molar-refractivity contribution in [3.8, 4) is 0 Å². The summed E-state index contributed by atoms with van der Waals surface area (Å²) in [5, 5.41) is 2.71. The minimum atomic E-state index is -0.313. The van der Waals surface area contributed by atoms with Gasteiger partial charge < -0.3 is 11.1 Å². The molecule has 0 aliphatic heterocycles. The van der Waals surface area contributed by atoms with Crippen LogP contribution in [0, 0.1) is 6.92 Å². The van der Waals surface area contributed by atoms with Gasteiger partial charge in [0, 0.05) is 16.4 Å². The SMILES string of the molecule is Cc1ccc(NC(=O)c2cc(Br)cnc2N)cn1. The van der Waals surface area contributed by atoms with Crippen LogP contribution in [0.5, 0.6) is 0 Å². The maximum atomic E-state index is 12.0. The van der Waals surface area contributed by atoms with E-state index in [0.717, 1.165) is 5.69 Å². The molecule has 18 heavy (non-hydrogen) atoms. The minimum absolute atomic E-state index is 0.191. The highest BCUT2D eigenvalue weighted by Crippen LogP contribution is 2.17. The molecule has 5 nitrogen and oxygen atoms in total. The lowest BCUT2D eigenvalue weighted by molar-refractivity contribution is 0.102. The molecule has 0 spiro atoms. The van der Waals surface area contributed by atoms with Crippen LogP contribution in [0.1, 0.15) is 16.1 Å². The number of hydrogen-bond acceptors (Lipinski definition) is 4. The van der Waals surface area contributed by atoms with Gasteiger partial charge in [-0.25, -0.2) is 4.98 Å². The second-order valence-corrected chi connectivity index (χ2v) is 4.64. The Kier molecular flexibility index (Phi) is 3.57. The Morgan fingerprint density at radius 3 is 2.78 bits per heavy atom. The number of nitrogens with zero attached hydrogens (tertiary/aromatic N) is 2. The van der Waals surface area contributed by atoms with Crippen molar-refractivity contribution in [2.75, 3.05) is 11.1 Å². The van der Waals surface area contributed by atoms with E-state index in [1.807, 2.05) is 13.0 Å². The molecule has 0 radical (unpaired) electrons. The summed E-state index contributed by atoms with van der Waals surface area (Å²) in [5.41, 5.74) is 7.49. The van der Waals surface area contributed by atoms with Crippen LogP contribution >= 0.6 is 15.9 Å². The lowest BCUT2D eigenvalue weighted by Crippen LogP contribution is -2.15. The van der Waals surface area contributed by atoms with Gasteiger partial charge in [0.25, 0.3) is 5.91 Å². The molecule has 0 saturated heterocycles. The molecular formula is C12H11BrN4O. The third kappa shape index (κ3) is 2.84. The van der Waals surface area contributed by atoms with E-state index in [1.165, 1.54) is 0 Å². The standard InChI is InChI=1S/C12H11BrN4O/c1-7-2-3-9(6-15-7)17-12(18)10-4-8(13)5-16-11(10)14/h2-6H,1H3,(H2,14,16)(H,17,18). The molecule has 2 heterocycles. The van der Waals surface area contributed by atoms with E-state index in [9.17, 15) is 4.79 Å². The highest BCUT2D eigenvalue weighted by Gasteiger charge is 2.11. The second kappa shape index (κ2) is 5.14. The van der Waals surface area contributed by atoms with Crippen molar-refractivity contribution in [3.63, 3.8) is 0 Å². The molecule has 0 saturated carbocycles. The average Bonchev–Trinajstić information content (AvgIpc) is 2.35. The minimum Gasteiger partial charge on any atom is -0.383 e.